The highest BCUT2D eigenvalue weighted by atomic mass is 32.1. The van der Waals surface area contributed by atoms with Gasteiger partial charge in [-0.15, -0.1) is 0 Å². The number of carbonyl (C=O) groups is 1. The third kappa shape index (κ3) is 1.76. The van der Waals surface area contributed by atoms with Crippen molar-refractivity contribution in [2.24, 2.45) is 0 Å². The van der Waals surface area contributed by atoms with E-state index in [1.54, 1.807) is 30.5 Å². The summed E-state index contributed by atoms with van der Waals surface area (Å²) < 4.78 is 5.18. The first-order chi connectivity index (χ1) is 8.75. The topological polar surface area (TPSA) is 61.9 Å². The average Bonchev–Trinajstić information content (AvgIpc) is 3.06. The molecule has 6 heteroatoms. The summed E-state index contributed by atoms with van der Waals surface area (Å²) in [6, 6.07) is 5.60. The number of hydrogen-bond acceptors (Lipinski definition) is 4. The van der Waals surface area contributed by atoms with E-state index in [2.05, 4.69) is 14.6 Å². The van der Waals surface area contributed by atoms with Crippen LogP contribution < -0.4 is 4.90 Å². The Labute approximate surface area is 107 Å². The predicted molar refractivity (Wildman–Crippen MR) is 70.9 cm³/mol. The number of rotatable bonds is 2. The van der Waals surface area contributed by atoms with Gasteiger partial charge in [0.25, 0.3) is 5.91 Å². The number of amides is 1. The third-order valence-electron chi connectivity index (χ3n) is 2.78. The number of nitrogens with zero attached hydrogens (tertiary/aromatic N) is 3. The zero-order valence-electron chi connectivity index (χ0n) is 9.62. The lowest BCUT2D eigenvalue weighted by atomic mass is 10.1. The number of anilines is 1. The van der Waals surface area contributed by atoms with Crippen molar-refractivity contribution in [3.05, 3.63) is 42.4 Å². The van der Waals surface area contributed by atoms with Crippen LogP contribution >= 0.6 is 11.5 Å². The van der Waals surface area contributed by atoms with Crippen LogP contribution in [0.4, 0.5) is 5.69 Å². The zero-order valence-corrected chi connectivity index (χ0v) is 10.4. The molecule has 2 aromatic heterocycles. The van der Waals surface area contributed by atoms with Gasteiger partial charge in [-0.25, -0.2) is 0 Å². The number of H-pyrrole nitrogens is 1. The van der Waals surface area contributed by atoms with Crippen LogP contribution in [-0.2, 0) is 0 Å². The maximum atomic E-state index is 12.3. The molecular weight excluding hydrogens is 248 g/mol. The molecule has 90 valence electrons. The van der Waals surface area contributed by atoms with Crippen molar-refractivity contribution in [3.8, 4) is 0 Å². The molecule has 0 unspecified atom stereocenters. The molecule has 2 heterocycles. The molecule has 0 radical (unpaired) electrons. The summed E-state index contributed by atoms with van der Waals surface area (Å²) in [5.74, 6) is -0.0653. The van der Waals surface area contributed by atoms with Gasteiger partial charge in [0.05, 0.1) is 16.6 Å². The first kappa shape index (κ1) is 10.9. The highest BCUT2D eigenvalue weighted by Crippen LogP contribution is 2.21. The smallest absolute Gasteiger partial charge is 0.258 e. The Morgan fingerprint density at radius 2 is 2.28 bits per heavy atom. The SMILES string of the molecule is CN(C(=O)c1ccc2sncc2c1)c1cn[nH]c1. The second kappa shape index (κ2) is 4.23. The Balaban J connectivity index is 1.96. The van der Waals surface area contributed by atoms with Gasteiger partial charge in [0.15, 0.2) is 0 Å². The number of nitrogens with one attached hydrogen (secondary N) is 1. The van der Waals surface area contributed by atoms with Crippen LogP contribution in [0.5, 0.6) is 0 Å². The highest BCUT2D eigenvalue weighted by Gasteiger charge is 2.14. The van der Waals surface area contributed by atoms with Gasteiger partial charge >= 0.3 is 0 Å². The van der Waals surface area contributed by atoms with E-state index >= 15 is 0 Å². The van der Waals surface area contributed by atoms with E-state index < -0.39 is 0 Å². The van der Waals surface area contributed by atoms with Crippen molar-refractivity contribution in [1.29, 1.82) is 0 Å². The van der Waals surface area contributed by atoms with Gasteiger partial charge in [-0.3, -0.25) is 9.89 Å². The van der Waals surface area contributed by atoms with E-state index in [9.17, 15) is 4.79 Å². The van der Waals surface area contributed by atoms with E-state index in [0.29, 0.717) is 5.56 Å². The summed E-state index contributed by atoms with van der Waals surface area (Å²) in [6.07, 6.45) is 5.07. The van der Waals surface area contributed by atoms with Crippen LogP contribution in [0.15, 0.2) is 36.8 Å². The van der Waals surface area contributed by atoms with Crippen LogP contribution in [0, 0.1) is 0 Å². The fraction of sp³-hybridized carbons (Fsp3) is 0.0833. The van der Waals surface area contributed by atoms with Crippen molar-refractivity contribution in [2.45, 2.75) is 0 Å². The fourth-order valence-corrected chi connectivity index (χ4v) is 2.37. The van der Waals surface area contributed by atoms with E-state index in [1.165, 1.54) is 11.5 Å². The normalized spacial score (nSPS) is 10.7. The predicted octanol–water partition coefficient (Wildman–Crippen LogP) is 2.30. The Bertz CT molecular complexity index is 689. The lowest BCUT2D eigenvalue weighted by Crippen LogP contribution is -2.25. The van der Waals surface area contributed by atoms with Crippen molar-refractivity contribution < 1.29 is 4.79 Å². The number of carbonyl (C=O) groups excluding carboxylic acids is 1. The molecule has 0 fully saturated rings. The molecule has 0 atom stereocenters. The molecule has 1 aromatic carbocycles. The Kier molecular flexibility index (Phi) is 2.56. The molecule has 0 aliphatic carbocycles. The van der Waals surface area contributed by atoms with E-state index in [1.807, 2.05) is 18.2 Å². The van der Waals surface area contributed by atoms with Gasteiger partial charge in [0.2, 0.25) is 0 Å². The fourth-order valence-electron chi connectivity index (χ4n) is 1.74. The summed E-state index contributed by atoms with van der Waals surface area (Å²) in [7, 11) is 1.73. The molecule has 0 bridgehead atoms. The van der Waals surface area contributed by atoms with Crippen molar-refractivity contribution >= 4 is 33.2 Å². The van der Waals surface area contributed by atoms with Crippen LogP contribution in [-0.4, -0.2) is 27.5 Å². The van der Waals surface area contributed by atoms with Crippen LogP contribution in [0.1, 0.15) is 10.4 Å². The van der Waals surface area contributed by atoms with Crippen LogP contribution in [0.2, 0.25) is 0 Å². The molecule has 1 amide bonds. The number of fused-ring (bicyclic) bond motifs is 1. The molecule has 1 N–H and O–H groups in total. The summed E-state index contributed by atoms with van der Waals surface area (Å²) >= 11 is 1.42. The van der Waals surface area contributed by atoms with Crippen molar-refractivity contribution in [3.63, 3.8) is 0 Å². The number of aromatic nitrogens is 3. The molecule has 5 nitrogen and oxygen atoms in total. The summed E-state index contributed by atoms with van der Waals surface area (Å²) in [5, 5.41) is 7.52. The van der Waals surface area contributed by atoms with Crippen molar-refractivity contribution in [2.75, 3.05) is 11.9 Å². The number of benzene rings is 1. The van der Waals surface area contributed by atoms with Crippen molar-refractivity contribution in [1.82, 2.24) is 14.6 Å². The van der Waals surface area contributed by atoms with Gasteiger partial charge in [0, 0.05) is 30.4 Å². The quantitative estimate of drug-likeness (QED) is 0.767. The molecular formula is C12H10N4OS. The molecule has 3 aromatic rings. The monoisotopic (exact) mass is 258 g/mol. The summed E-state index contributed by atoms with van der Waals surface area (Å²) in [5.41, 5.74) is 1.38. The number of hydrogen-bond donors (Lipinski definition) is 1. The minimum atomic E-state index is -0.0653. The lowest BCUT2D eigenvalue weighted by Gasteiger charge is -2.14. The van der Waals surface area contributed by atoms with E-state index in [4.69, 9.17) is 0 Å². The molecule has 3 rings (SSSR count). The summed E-state index contributed by atoms with van der Waals surface area (Å²) in [4.78, 5) is 13.8. The summed E-state index contributed by atoms with van der Waals surface area (Å²) in [6.45, 7) is 0. The first-order valence-corrected chi connectivity index (χ1v) is 6.14. The minimum absolute atomic E-state index is 0.0653. The maximum absolute atomic E-state index is 12.3. The second-order valence-electron chi connectivity index (χ2n) is 3.90. The largest absolute Gasteiger partial charge is 0.309 e. The molecule has 0 aliphatic heterocycles. The van der Waals surface area contributed by atoms with Crippen LogP contribution in [0.3, 0.4) is 0 Å². The van der Waals surface area contributed by atoms with Crippen LogP contribution in [0.25, 0.3) is 10.1 Å². The van der Waals surface area contributed by atoms with Gasteiger partial charge < -0.3 is 4.90 Å². The Morgan fingerprint density at radius 3 is 3.06 bits per heavy atom. The Hall–Kier alpha value is -2.21. The lowest BCUT2D eigenvalue weighted by molar-refractivity contribution is 0.0993. The average molecular weight is 258 g/mol. The molecule has 0 spiro atoms. The zero-order chi connectivity index (χ0) is 12.5. The highest BCUT2D eigenvalue weighted by molar-refractivity contribution is 7.13. The van der Waals surface area contributed by atoms with Gasteiger partial charge in [-0.05, 0) is 29.7 Å². The second-order valence-corrected chi connectivity index (χ2v) is 4.73. The Morgan fingerprint density at radius 1 is 1.39 bits per heavy atom. The van der Waals surface area contributed by atoms with Gasteiger partial charge in [-0.1, -0.05) is 0 Å². The minimum Gasteiger partial charge on any atom is -0.309 e. The molecule has 0 saturated heterocycles. The van der Waals surface area contributed by atoms with Gasteiger partial charge in [-0.2, -0.15) is 9.47 Å². The molecule has 18 heavy (non-hydrogen) atoms. The number of aromatic amines is 1. The van der Waals surface area contributed by atoms with Gasteiger partial charge in [0.1, 0.15) is 0 Å². The third-order valence-corrected chi connectivity index (χ3v) is 3.55. The standard InChI is InChI=1S/C12H10N4OS/c1-16(10-6-13-14-7-10)12(17)8-2-3-11-9(4-8)5-15-18-11/h2-7H,1H3,(H,13,14). The molecule has 0 saturated carbocycles. The molecule has 0 aliphatic rings. The van der Waals surface area contributed by atoms with E-state index in [0.717, 1.165) is 15.8 Å². The first-order valence-electron chi connectivity index (χ1n) is 5.37. The van der Waals surface area contributed by atoms with E-state index in [-0.39, 0.29) is 5.91 Å². The maximum Gasteiger partial charge on any atom is 0.258 e.